The summed E-state index contributed by atoms with van der Waals surface area (Å²) < 4.78 is 0. The molecule has 2 atom stereocenters. The molecule has 8 nitrogen and oxygen atoms in total. The maximum absolute atomic E-state index is 13.1. The molecular weight excluding hydrogens is 390 g/mol. The van der Waals surface area contributed by atoms with E-state index in [2.05, 4.69) is 44.0 Å². The summed E-state index contributed by atoms with van der Waals surface area (Å²) in [5.41, 5.74) is 3.09. The van der Waals surface area contributed by atoms with E-state index < -0.39 is 5.54 Å². The number of fused-ring (bicyclic) bond motifs is 1. The number of amides is 2. The maximum Gasteiger partial charge on any atom is 0.318 e. The van der Waals surface area contributed by atoms with Gasteiger partial charge in [0.25, 0.3) is 0 Å². The van der Waals surface area contributed by atoms with Crippen LogP contribution >= 0.6 is 0 Å². The third kappa shape index (κ3) is 3.38. The van der Waals surface area contributed by atoms with Crippen LogP contribution in [0, 0.1) is 11.3 Å². The number of nitriles is 1. The molecule has 1 aromatic carbocycles. The van der Waals surface area contributed by atoms with Gasteiger partial charge in [-0.3, -0.25) is 5.10 Å². The van der Waals surface area contributed by atoms with E-state index in [0.29, 0.717) is 29.7 Å². The number of hydrogen-bond acceptors (Lipinski definition) is 5. The Bertz CT molecular complexity index is 1180. The molecule has 1 fully saturated rings. The van der Waals surface area contributed by atoms with Crippen molar-refractivity contribution in [3.8, 4) is 6.07 Å². The zero-order chi connectivity index (χ0) is 21.6. The molecule has 2 aromatic heterocycles. The first-order valence-electron chi connectivity index (χ1n) is 10.3. The molecule has 0 spiro atoms. The van der Waals surface area contributed by atoms with E-state index >= 15 is 0 Å². The minimum atomic E-state index is -0.522. The zero-order valence-electron chi connectivity index (χ0n) is 17.4. The Hall–Kier alpha value is -3.86. The predicted molar refractivity (Wildman–Crippen MR) is 116 cm³/mol. The van der Waals surface area contributed by atoms with E-state index in [1.165, 1.54) is 5.56 Å². The van der Waals surface area contributed by atoms with Crippen molar-refractivity contribution in [1.29, 1.82) is 5.26 Å². The van der Waals surface area contributed by atoms with Gasteiger partial charge in [-0.1, -0.05) is 30.3 Å². The van der Waals surface area contributed by atoms with Crippen molar-refractivity contribution in [2.24, 2.45) is 0 Å². The van der Waals surface area contributed by atoms with Gasteiger partial charge in [0.05, 0.1) is 29.4 Å². The monoisotopic (exact) mass is 413 g/mol. The Kier molecular flexibility index (Phi) is 4.40. The number of aromatic nitrogens is 3. The number of urea groups is 1. The molecule has 0 unspecified atom stereocenters. The van der Waals surface area contributed by atoms with Crippen LogP contribution in [-0.4, -0.2) is 32.2 Å². The first-order valence-corrected chi connectivity index (χ1v) is 10.3. The van der Waals surface area contributed by atoms with Crippen LogP contribution in [0.1, 0.15) is 48.6 Å². The third-order valence-corrected chi connectivity index (χ3v) is 6.18. The average molecular weight is 413 g/mol. The van der Waals surface area contributed by atoms with Gasteiger partial charge >= 0.3 is 6.03 Å². The van der Waals surface area contributed by atoms with Gasteiger partial charge in [0.2, 0.25) is 0 Å². The lowest BCUT2D eigenvalue weighted by molar-refractivity contribution is 0.142. The standard InChI is InChI=1S/C23H23N7O/c1-23(2)20-17(21(29-28-20)27-19-10-14(12-24)8-9-25-19)13-30(23)22(31)26-18-11-16(18)15-6-4-3-5-7-15/h3-10,16,18H,11,13H2,1-2H3,(H,26,31)(H2,25,27,28,29)/t16-,18+/m1/s1. The van der Waals surface area contributed by atoms with Gasteiger partial charge in [0, 0.05) is 23.7 Å². The van der Waals surface area contributed by atoms with Crippen molar-refractivity contribution in [2.75, 3.05) is 5.32 Å². The molecule has 1 aliphatic heterocycles. The van der Waals surface area contributed by atoms with E-state index in [-0.39, 0.29) is 12.1 Å². The number of benzene rings is 1. The van der Waals surface area contributed by atoms with Gasteiger partial charge in [-0.05, 0) is 38.0 Å². The highest BCUT2D eigenvalue weighted by Gasteiger charge is 2.46. The first kappa shape index (κ1) is 19.1. The van der Waals surface area contributed by atoms with Crippen LogP contribution in [0.2, 0.25) is 0 Å². The Labute approximate surface area is 180 Å². The fraction of sp³-hybridized carbons (Fsp3) is 0.304. The predicted octanol–water partition coefficient (Wildman–Crippen LogP) is 3.74. The highest BCUT2D eigenvalue weighted by Crippen LogP contribution is 2.43. The first-order chi connectivity index (χ1) is 15.0. The molecule has 2 amide bonds. The van der Waals surface area contributed by atoms with Gasteiger partial charge in [-0.15, -0.1) is 0 Å². The molecule has 8 heteroatoms. The highest BCUT2D eigenvalue weighted by molar-refractivity contribution is 5.78. The molecule has 156 valence electrons. The topological polar surface area (TPSA) is 110 Å². The largest absolute Gasteiger partial charge is 0.335 e. The number of nitrogens with one attached hydrogen (secondary N) is 3. The van der Waals surface area contributed by atoms with Gasteiger partial charge in [0.15, 0.2) is 5.82 Å². The number of carbonyl (C=O) groups is 1. The number of aromatic amines is 1. The number of nitrogens with zero attached hydrogens (tertiary/aromatic N) is 4. The van der Waals surface area contributed by atoms with Crippen molar-refractivity contribution in [2.45, 2.75) is 44.3 Å². The maximum atomic E-state index is 13.1. The zero-order valence-corrected chi connectivity index (χ0v) is 17.4. The van der Waals surface area contributed by atoms with Gasteiger partial charge in [0.1, 0.15) is 5.82 Å². The summed E-state index contributed by atoms with van der Waals surface area (Å²) in [6, 6.07) is 15.8. The summed E-state index contributed by atoms with van der Waals surface area (Å²) in [7, 11) is 0. The van der Waals surface area contributed by atoms with Crippen LogP contribution in [0.15, 0.2) is 48.7 Å². The number of pyridine rings is 1. The van der Waals surface area contributed by atoms with Gasteiger partial charge < -0.3 is 15.5 Å². The number of H-pyrrole nitrogens is 1. The van der Waals surface area contributed by atoms with E-state index in [9.17, 15) is 4.79 Å². The van der Waals surface area contributed by atoms with Gasteiger partial charge in [-0.25, -0.2) is 9.78 Å². The van der Waals surface area contributed by atoms with Crippen molar-refractivity contribution in [3.05, 3.63) is 71.0 Å². The number of carbonyl (C=O) groups excluding carboxylic acids is 1. The minimum Gasteiger partial charge on any atom is -0.335 e. The average Bonchev–Trinajstić information content (AvgIpc) is 3.33. The van der Waals surface area contributed by atoms with E-state index in [1.54, 1.807) is 18.3 Å². The van der Waals surface area contributed by atoms with Crippen molar-refractivity contribution >= 4 is 17.7 Å². The summed E-state index contributed by atoms with van der Waals surface area (Å²) in [5.74, 6) is 1.54. The molecule has 1 aliphatic carbocycles. The molecule has 3 N–H and O–H groups in total. The summed E-state index contributed by atoms with van der Waals surface area (Å²) in [6.45, 7) is 4.46. The molecule has 5 rings (SSSR count). The second kappa shape index (κ2) is 7.13. The van der Waals surface area contributed by atoms with Crippen LogP contribution in [-0.2, 0) is 12.1 Å². The molecule has 2 aliphatic rings. The number of rotatable bonds is 4. The normalized spacial score (nSPS) is 20.6. The quantitative estimate of drug-likeness (QED) is 0.604. The summed E-state index contributed by atoms with van der Waals surface area (Å²) in [4.78, 5) is 19.2. The van der Waals surface area contributed by atoms with Crippen molar-refractivity contribution in [1.82, 2.24) is 25.4 Å². The Morgan fingerprint density at radius 1 is 1.29 bits per heavy atom. The Morgan fingerprint density at radius 3 is 2.87 bits per heavy atom. The lowest BCUT2D eigenvalue weighted by atomic mass is 10.0. The van der Waals surface area contributed by atoms with E-state index in [1.807, 2.05) is 36.9 Å². The fourth-order valence-electron chi connectivity index (χ4n) is 4.29. The van der Waals surface area contributed by atoms with Crippen LogP contribution in [0.5, 0.6) is 0 Å². The molecule has 3 aromatic rings. The molecule has 1 saturated carbocycles. The summed E-state index contributed by atoms with van der Waals surface area (Å²) in [5, 5.41) is 22.9. The Balaban J connectivity index is 1.30. The number of hydrogen-bond donors (Lipinski definition) is 3. The van der Waals surface area contributed by atoms with E-state index in [0.717, 1.165) is 17.7 Å². The molecule has 0 radical (unpaired) electrons. The summed E-state index contributed by atoms with van der Waals surface area (Å²) in [6.07, 6.45) is 2.54. The lowest BCUT2D eigenvalue weighted by Crippen LogP contribution is -2.47. The number of anilines is 2. The minimum absolute atomic E-state index is 0.0754. The van der Waals surface area contributed by atoms with E-state index in [4.69, 9.17) is 5.26 Å². The molecular formula is C23H23N7O. The van der Waals surface area contributed by atoms with Crippen LogP contribution in [0.4, 0.5) is 16.4 Å². The lowest BCUT2D eigenvalue weighted by Gasteiger charge is -2.32. The second-order valence-electron chi connectivity index (χ2n) is 8.55. The van der Waals surface area contributed by atoms with Crippen LogP contribution in [0.25, 0.3) is 0 Å². The molecule has 3 heterocycles. The highest BCUT2D eigenvalue weighted by atomic mass is 16.2. The van der Waals surface area contributed by atoms with Gasteiger partial charge in [-0.2, -0.15) is 10.4 Å². The SMILES string of the molecule is CC1(C)c2[nH]nc(Nc3cc(C#N)ccn3)c2CN1C(=O)N[C@H]1C[C@@H]1c1ccccc1. The second-order valence-corrected chi connectivity index (χ2v) is 8.55. The third-order valence-electron chi connectivity index (χ3n) is 6.18. The summed E-state index contributed by atoms with van der Waals surface area (Å²) >= 11 is 0. The van der Waals surface area contributed by atoms with Crippen LogP contribution < -0.4 is 10.6 Å². The van der Waals surface area contributed by atoms with Crippen LogP contribution in [0.3, 0.4) is 0 Å². The Morgan fingerprint density at radius 2 is 2.10 bits per heavy atom. The smallest absolute Gasteiger partial charge is 0.318 e. The van der Waals surface area contributed by atoms with Crippen molar-refractivity contribution in [3.63, 3.8) is 0 Å². The molecule has 31 heavy (non-hydrogen) atoms. The fourth-order valence-corrected chi connectivity index (χ4v) is 4.29. The van der Waals surface area contributed by atoms with Crippen molar-refractivity contribution < 1.29 is 4.79 Å². The molecule has 0 bridgehead atoms. The molecule has 0 saturated heterocycles.